The summed E-state index contributed by atoms with van der Waals surface area (Å²) >= 11 is 1.63. The maximum atomic E-state index is 9.22. The number of phenolic OH excluding ortho intramolecular Hbond substituents is 1. The number of phenols is 1. The predicted molar refractivity (Wildman–Crippen MR) is 70.7 cm³/mol. The molecule has 1 heterocycles. The van der Waals surface area contributed by atoms with E-state index in [0.717, 1.165) is 15.3 Å². The number of thiophene rings is 1. The van der Waals surface area contributed by atoms with Crippen LogP contribution in [0.3, 0.4) is 0 Å². The Balaban J connectivity index is 2.30. The molecule has 2 nitrogen and oxygen atoms in total. The van der Waals surface area contributed by atoms with Crippen molar-refractivity contribution in [2.45, 2.75) is 6.92 Å². The van der Waals surface area contributed by atoms with Gasteiger partial charge in [0.15, 0.2) is 0 Å². The summed E-state index contributed by atoms with van der Waals surface area (Å²) in [5.41, 5.74) is 1.77. The molecule has 0 spiro atoms. The zero-order valence-electron chi connectivity index (χ0n) is 9.34. The van der Waals surface area contributed by atoms with Gasteiger partial charge in [-0.05, 0) is 55.0 Å². The van der Waals surface area contributed by atoms with Gasteiger partial charge in [-0.25, -0.2) is 0 Å². The highest BCUT2D eigenvalue weighted by Crippen LogP contribution is 2.30. The van der Waals surface area contributed by atoms with Crippen molar-refractivity contribution in [2.24, 2.45) is 0 Å². The second-order valence-corrected chi connectivity index (χ2v) is 4.80. The molecule has 0 saturated carbocycles. The van der Waals surface area contributed by atoms with Crippen LogP contribution >= 0.6 is 11.3 Å². The van der Waals surface area contributed by atoms with Gasteiger partial charge in [-0.3, -0.25) is 0 Å². The van der Waals surface area contributed by atoms with E-state index < -0.39 is 0 Å². The Kier molecular flexibility index (Phi) is 3.27. The largest absolute Gasteiger partial charge is 0.508 e. The Morgan fingerprint density at radius 1 is 1.24 bits per heavy atom. The fraction of sp³-hybridized carbons (Fsp3) is 0.0714. The minimum atomic E-state index is 0.269. The third kappa shape index (κ3) is 2.74. The summed E-state index contributed by atoms with van der Waals surface area (Å²) in [5.74, 6) is 0.269. The summed E-state index contributed by atoms with van der Waals surface area (Å²) in [6.45, 7) is 1.79. The highest BCUT2D eigenvalue weighted by molar-refractivity contribution is 7.16. The van der Waals surface area contributed by atoms with Crippen LogP contribution in [0.4, 0.5) is 0 Å². The second-order valence-electron chi connectivity index (χ2n) is 3.69. The van der Waals surface area contributed by atoms with E-state index in [1.807, 2.05) is 30.3 Å². The summed E-state index contributed by atoms with van der Waals surface area (Å²) in [7, 11) is 0. The third-order valence-electron chi connectivity index (χ3n) is 2.31. The molecular formula is C14H11NOS. The van der Waals surface area contributed by atoms with E-state index >= 15 is 0 Å². The van der Waals surface area contributed by atoms with Crippen molar-refractivity contribution in [3.05, 3.63) is 46.8 Å². The Morgan fingerprint density at radius 2 is 1.94 bits per heavy atom. The number of benzene rings is 1. The molecule has 0 amide bonds. The zero-order chi connectivity index (χ0) is 12.3. The first kappa shape index (κ1) is 11.4. The number of hydrogen-bond acceptors (Lipinski definition) is 3. The number of nitrogens with zero attached hydrogens (tertiary/aromatic N) is 1. The molecule has 0 saturated heterocycles. The molecule has 1 aromatic carbocycles. The second kappa shape index (κ2) is 4.86. The molecular weight excluding hydrogens is 230 g/mol. The summed E-state index contributed by atoms with van der Waals surface area (Å²) in [6, 6.07) is 13.2. The lowest BCUT2D eigenvalue weighted by Gasteiger charge is -1.96. The van der Waals surface area contributed by atoms with E-state index in [2.05, 4.69) is 6.07 Å². The highest BCUT2D eigenvalue weighted by atomic mass is 32.1. The summed E-state index contributed by atoms with van der Waals surface area (Å²) < 4.78 is 0. The van der Waals surface area contributed by atoms with E-state index in [4.69, 9.17) is 5.26 Å². The lowest BCUT2D eigenvalue weighted by molar-refractivity contribution is 0.475. The summed E-state index contributed by atoms with van der Waals surface area (Å²) in [5, 5.41) is 17.9. The van der Waals surface area contributed by atoms with Gasteiger partial charge in [0.2, 0.25) is 0 Å². The fourth-order valence-electron chi connectivity index (χ4n) is 1.46. The van der Waals surface area contributed by atoms with E-state index in [1.54, 1.807) is 30.4 Å². The quantitative estimate of drug-likeness (QED) is 0.806. The molecule has 0 radical (unpaired) electrons. The first-order chi connectivity index (χ1) is 8.19. The molecule has 0 fully saturated rings. The van der Waals surface area contributed by atoms with Gasteiger partial charge in [0, 0.05) is 15.3 Å². The van der Waals surface area contributed by atoms with E-state index in [-0.39, 0.29) is 5.75 Å². The van der Waals surface area contributed by atoms with Crippen LogP contribution in [0.2, 0.25) is 0 Å². The average molecular weight is 241 g/mol. The Bertz CT molecular complexity index is 587. The van der Waals surface area contributed by atoms with Crippen LogP contribution in [-0.4, -0.2) is 5.11 Å². The van der Waals surface area contributed by atoms with Crippen LogP contribution in [0.5, 0.6) is 5.75 Å². The van der Waals surface area contributed by atoms with Crippen LogP contribution in [0.1, 0.15) is 11.8 Å². The van der Waals surface area contributed by atoms with E-state index in [1.165, 1.54) is 0 Å². The summed E-state index contributed by atoms with van der Waals surface area (Å²) in [6.07, 6.45) is 1.87. The van der Waals surface area contributed by atoms with Crippen LogP contribution in [-0.2, 0) is 0 Å². The lowest BCUT2D eigenvalue weighted by Crippen LogP contribution is -1.69. The van der Waals surface area contributed by atoms with Crippen LogP contribution in [0, 0.1) is 11.3 Å². The average Bonchev–Trinajstić information content (AvgIpc) is 2.78. The van der Waals surface area contributed by atoms with Gasteiger partial charge in [0.25, 0.3) is 0 Å². The van der Waals surface area contributed by atoms with Gasteiger partial charge in [-0.1, -0.05) is 0 Å². The third-order valence-corrected chi connectivity index (χ3v) is 3.40. The smallest absolute Gasteiger partial charge is 0.115 e. The summed E-state index contributed by atoms with van der Waals surface area (Å²) in [4.78, 5) is 2.19. The van der Waals surface area contributed by atoms with Crippen molar-refractivity contribution in [1.29, 1.82) is 5.26 Å². The van der Waals surface area contributed by atoms with Gasteiger partial charge in [-0.2, -0.15) is 5.26 Å². The minimum Gasteiger partial charge on any atom is -0.508 e. The van der Waals surface area contributed by atoms with Crippen molar-refractivity contribution in [2.75, 3.05) is 0 Å². The van der Waals surface area contributed by atoms with E-state index in [9.17, 15) is 5.11 Å². The Morgan fingerprint density at radius 3 is 2.59 bits per heavy atom. The molecule has 0 bridgehead atoms. The van der Waals surface area contributed by atoms with Gasteiger partial charge >= 0.3 is 0 Å². The highest BCUT2D eigenvalue weighted by Gasteiger charge is 2.01. The number of allylic oxidation sites excluding steroid dienone is 1. The molecule has 2 rings (SSSR count). The zero-order valence-corrected chi connectivity index (χ0v) is 10.2. The first-order valence-electron chi connectivity index (χ1n) is 5.16. The number of aromatic hydroxyl groups is 1. The fourth-order valence-corrected chi connectivity index (χ4v) is 2.47. The van der Waals surface area contributed by atoms with Crippen molar-refractivity contribution < 1.29 is 5.11 Å². The molecule has 3 heteroatoms. The van der Waals surface area contributed by atoms with Crippen LogP contribution < -0.4 is 0 Å². The van der Waals surface area contributed by atoms with Crippen LogP contribution in [0.25, 0.3) is 16.5 Å². The molecule has 0 unspecified atom stereocenters. The molecule has 84 valence electrons. The first-order valence-corrected chi connectivity index (χ1v) is 5.98. The minimum absolute atomic E-state index is 0.269. The Labute approximate surface area is 104 Å². The van der Waals surface area contributed by atoms with Crippen molar-refractivity contribution in [1.82, 2.24) is 0 Å². The molecule has 0 aliphatic carbocycles. The van der Waals surface area contributed by atoms with Crippen molar-refractivity contribution in [3.63, 3.8) is 0 Å². The number of nitriles is 1. The van der Waals surface area contributed by atoms with Gasteiger partial charge < -0.3 is 5.11 Å². The Hall–Kier alpha value is -2.05. The molecule has 1 N–H and O–H groups in total. The van der Waals surface area contributed by atoms with Crippen molar-refractivity contribution >= 4 is 17.4 Å². The standard InChI is InChI=1S/C14H11NOS/c1-10(9-15)8-13-6-7-14(17-13)11-2-4-12(16)5-3-11/h2-8,16H,1H3/b10-8-. The lowest BCUT2D eigenvalue weighted by atomic mass is 10.2. The number of hydrogen-bond donors (Lipinski definition) is 1. The monoisotopic (exact) mass is 241 g/mol. The molecule has 0 aliphatic rings. The SMILES string of the molecule is C/C(C#N)=C/c1ccc(-c2ccc(O)cc2)s1. The molecule has 0 aliphatic heterocycles. The molecule has 0 atom stereocenters. The predicted octanol–water partition coefficient (Wildman–Crippen LogP) is 4.05. The van der Waals surface area contributed by atoms with Gasteiger partial charge in [-0.15, -0.1) is 11.3 Å². The maximum absolute atomic E-state index is 9.22. The molecule has 1 aromatic heterocycles. The topological polar surface area (TPSA) is 44.0 Å². The maximum Gasteiger partial charge on any atom is 0.115 e. The molecule has 17 heavy (non-hydrogen) atoms. The van der Waals surface area contributed by atoms with Crippen molar-refractivity contribution in [3.8, 4) is 22.3 Å². The van der Waals surface area contributed by atoms with Crippen LogP contribution in [0.15, 0.2) is 42.0 Å². The molecule has 2 aromatic rings. The number of rotatable bonds is 2. The van der Waals surface area contributed by atoms with Gasteiger partial charge in [0.05, 0.1) is 6.07 Å². The van der Waals surface area contributed by atoms with E-state index in [0.29, 0.717) is 5.57 Å². The normalized spacial score (nSPS) is 11.2. The van der Waals surface area contributed by atoms with Gasteiger partial charge in [0.1, 0.15) is 5.75 Å².